The van der Waals surface area contributed by atoms with Crippen molar-refractivity contribution in [2.45, 2.75) is 38.6 Å². The number of aromatic nitrogens is 1. The second kappa shape index (κ2) is 6.06. The van der Waals surface area contributed by atoms with Crippen LogP contribution in [0.5, 0.6) is 0 Å². The summed E-state index contributed by atoms with van der Waals surface area (Å²) < 4.78 is 0. The summed E-state index contributed by atoms with van der Waals surface area (Å²) in [6, 6.07) is 4.45. The molecule has 0 aromatic carbocycles. The Kier molecular flexibility index (Phi) is 4.17. The Morgan fingerprint density at radius 1 is 1.45 bits per heavy atom. The number of hydrogen-bond donors (Lipinski definition) is 1. The molecule has 5 heteroatoms. The highest BCUT2D eigenvalue weighted by atomic mass is 32.1. The molecule has 1 aliphatic rings. The van der Waals surface area contributed by atoms with E-state index in [1.165, 1.54) is 11.3 Å². The largest absolute Gasteiger partial charge is 0.353 e. The molecule has 2 aromatic heterocycles. The Balaban J connectivity index is 1.56. The van der Waals surface area contributed by atoms with Gasteiger partial charge in [-0.15, -0.1) is 22.7 Å². The number of nitrogens with one attached hydrogen (secondary N) is 1. The van der Waals surface area contributed by atoms with Crippen molar-refractivity contribution in [3.8, 4) is 9.88 Å². The smallest absolute Gasteiger partial charge is 0.226 e. The predicted octanol–water partition coefficient (Wildman–Crippen LogP) is 3.72. The fourth-order valence-corrected chi connectivity index (χ4v) is 4.32. The first-order valence-electron chi connectivity index (χ1n) is 6.98. The molecule has 1 N–H and O–H groups in total. The SMILES string of the molecule is CC1CCC(NC(=O)Cc2csc(-c3cccs3)n2)C1. The summed E-state index contributed by atoms with van der Waals surface area (Å²) in [4.78, 5) is 17.7. The van der Waals surface area contributed by atoms with E-state index in [1.54, 1.807) is 22.7 Å². The zero-order valence-corrected chi connectivity index (χ0v) is 13.1. The standard InChI is InChI=1S/C15H18N2OS2/c1-10-4-5-11(7-10)16-14(18)8-12-9-20-15(17-12)13-3-2-6-19-13/h2-3,6,9-11H,4-5,7-8H2,1H3,(H,16,18). The van der Waals surface area contributed by atoms with E-state index in [1.807, 2.05) is 16.8 Å². The molecule has 2 atom stereocenters. The van der Waals surface area contributed by atoms with Crippen molar-refractivity contribution in [1.29, 1.82) is 0 Å². The first-order chi connectivity index (χ1) is 9.70. The fourth-order valence-electron chi connectivity index (χ4n) is 2.68. The molecule has 0 aliphatic heterocycles. The maximum Gasteiger partial charge on any atom is 0.226 e. The highest BCUT2D eigenvalue weighted by Crippen LogP contribution is 2.28. The van der Waals surface area contributed by atoms with E-state index in [4.69, 9.17) is 0 Å². The van der Waals surface area contributed by atoms with Crippen molar-refractivity contribution in [2.24, 2.45) is 5.92 Å². The number of carbonyl (C=O) groups excluding carboxylic acids is 1. The lowest BCUT2D eigenvalue weighted by Crippen LogP contribution is -2.34. The second-order valence-electron chi connectivity index (χ2n) is 5.48. The minimum Gasteiger partial charge on any atom is -0.353 e. The van der Waals surface area contributed by atoms with Crippen molar-refractivity contribution in [3.05, 3.63) is 28.6 Å². The molecule has 2 heterocycles. The van der Waals surface area contributed by atoms with Gasteiger partial charge in [-0.1, -0.05) is 13.0 Å². The van der Waals surface area contributed by atoms with Crippen LogP contribution in [0.1, 0.15) is 31.9 Å². The Hall–Kier alpha value is -1.20. The van der Waals surface area contributed by atoms with Gasteiger partial charge in [0.2, 0.25) is 5.91 Å². The quantitative estimate of drug-likeness (QED) is 0.935. The topological polar surface area (TPSA) is 42.0 Å². The average molecular weight is 306 g/mol. The molecule has 1 saturated carbocycles. The van der Waals surface area contributed by atoms with Gasteiger partial charge in [-0.3, -0.25) is 4.79 Å². The number of hydrogen-bond acceptors (Lipinski definition) is 4. The van der Waals surface area contributed by atoms with Crippen molar-refractivity contribution in [1.82, 2.24) is 10.3 Å². The van der Waals surface area contributed by atoms with E-state index in [2.05, 4.69) is 23.3 Å². The minimum atomic E-state index is 0.104. The number of thiophene rings is 1. The van der Waals surface area contributed by atoms with Crippen LogP contribution >= 0.6 is 22.7 Å². The van der Waals surface area contributed by atoms with Gasteiger partial charge in [-0.2, -0.15) is 0 Å². The number of carbonyl (C=O) groups is 1. The Morgan fingerprint density at radius 2 is 2.35 bits per heavy atom. The number of thiazole rings is 1. The predicted molar refractivity (Wildman–Crippen MR) is 84.1 cm³/mol. The maximum absolute atomic E-state index is 12.0. The van der Waals surface area contributed by atoms with Crippen LogP contribution in [0.4, 0.5) is 0 Å². The Labute approximate surface area is 127 Å². The zero-order chi connectivity index (χ0) is 13.9. The molecule has 0 spiro atoms. The normalized spacial score (nSPS) is 22.1. The molecule has 2 aromatic rings. The molecule has 2 unspecified atom stereocenters. The lowest BCUT2D eigenvalue weighted by molar-refractivity contribution is -0.121. The first kappa shape index (κ1) is 13.8. The second-order valence-corrected chi connectivity index (χ2v) is 7.29. The number of nitrogens with zero attached hydrogens (tertiary/aromatic N) is 1. The average Bonchev–Trinajstić information content (AvgIpc) is 3.10. The molecule has 3 nitrogen and oxygen atoms in total. The van der Waals surface area contributed by atoms with Gasteiger partial charge in [-0.25, -0.2) is 4.98 Å². The zero-order valence-electron chi connectivity index (χ0n) is 11.5. The first-order valence-corrected chi connectivity index (χ1v) is 8.74. The third-order valence-electron chi connectivity index (χ3n) is 3.69. The van der Waals surface area contributed by atoms with Crippen molar-refractivity contribution in [3.63, 3.8) is 0 Å². The van der Waals surface area contributed by atoms with E-state index in [-0.39, 0.29) is 5.91 Å². The summed E-state index contributed by atoms with van der Waals surface area (Å²) in [5, 5.41) is 8.18. The van der Waals surface area contributed by atoms with Crippen molar-refractivity contribution < 1.29 is 4.79 Å². The molecular formula is C15H18N2OS2. The molecule has 3 rings (SSSR count). The summed E-state index contributed by atoms with van der Waals surface area (Å²) in [7, 11) is 0. The van der Waals surface area contributed by atoms with Crippen LogP contribution in [0.25, 0.3) is 9.88 Å². The van der Waals surface area contributed by atoms with Crippen molar-refractivity contribution >= 4 is 28.6 Å². The van der Waals surface area contributed by atoms with Crippen LogP contribution in [0.3, 0.4) is 0 Å². The van der Waals surface area contributed by atoms with Gasteiger partial charge in [0.05, 0.1) is 17.0 Å². The Bertz CT molecular complexity index is 576. The molecular weight excluding hydrogens is 288 g/mol. The molecule has 0 bridgehead atoms. The lowest BCUT2D eigenvalue weighted by atomic mass is 10.1. The molecule has 1 amide bonds. The van der Waals surface area contributed by atoms with Gasteiger partial charge in [0, 0.05) is 11.4 Å². The summed E-state index contributed by atoms with van der Waals surface area (Å²) in [6.07, 6.45) is 3.85. The van der Waals surface area contributed by atoms with Crippen LogP contribution < -0.4 is 5.32 Å². The molecule has 20 heavy (non-hydrogen) atoms. The third kappa shape index (κ3) is 3.27. The third-order valence-corrected chi connectivity index (χ3v) is 5.62. The summed E-state index contributed by atoms with van der Waals surface area (Å²) in [5.41, 5.74) is 0.877. The molecule has 1 aliphatic carbocycles. The monoisotopic (exact) mass is 306 g/mol. The summed E-state index contributed by atoms with van der Waals surface area (Å²) in [6.45, 7) is 2.25. The summed E-state index contributed by atoms with van der Waals surface area (Å²) >= 11 is 3.29. The van der Waals surface area contributed by atoms with Gasteiger partial charge < -0.3 is 5.32 Å². The minimum absolute atomic E-state index is 0.104. The van der Waals surface area contributed by atoms with Crippen LogP contribution in [-0.2, 0) is 11.2 Å². The van der Waals surface area contributed by atoms with Crippen molar-refractivity contribution in [2.75, 3.05) is 0 Å². The van der Waals surface area contributed by atoms with E-state index < -0.39 is 0 Å². The summed E-state index contributed by atoms with van der Waals surface area (Å²) in [5.74, 6) is 0.845. The van der Waals surface area contributed by atoms with Crippen LogP contribution in [0.15, 0.2) is 22.9 Å². The van der Waals surface area contributed by atoms with Gasteiger partial charge in [-0.05, 0) is 36.6 Å². The van der Waals surface area contributed by atoms with Crippen LogP contribution in [0, 0.1) is 5.92 Å². The van der Waals surface area contributed by atoms with Crippen LogP contribution in [0.2, 0.25) is 0 Å². The van der Waals surface area contributed by atoms with Gasteiger partial charge in [0.15, 0.2) is 0 Å². The molecule has 1 fully saturated rings. The lowest BCUT2D eigenvalue weighted by Gasteiger charge is -2.11. The van der Waals surface area contributed by atoms with Crippen LogP contribution in [-0.4, -0.2) is 16.9 Å². The highest BCUT2D eigenvalue weighted by Gasteiger charge is 2.22. The number of amides is 1. The van der Waals surface area contributed by atoms with Gasteiger partial charge in [0.25, 0.3) is 0 Å². The van der Waals surface area contributed by atoms with Gasteiger partial charge >= 0.3 is 0 Å². The fraction of sp³-hybridized carbons (Fsp3) is 0.467. The highest BCUT2D eigenvalue weighted by molar-refractivity contribution is 7.20. The van der Waals surface area contributed by atoms with Gasteiger partial charge in [0.1, 0.15) is 5.01 Å². The van der Waals surface area contributed by atoms with E-state index in [0.29, 0.717) is 12.5 Å². The maximum atomic E-state index is 12.0. The molecule has 0 saturated heterocycles. The van der Waals surface area contributed by atoms with E-state index in [9.17, 15) is 4.79 Å². The number of rotatable bonds is 4. The van der Waals surface area contributed by atoms with E-state index in [0.717, 1.165) is 29.5 Å². The molecule has 0 radical (unpaired) electrons. The Morgan fingerprint density at radius 3 is 3.05 bits per heavy atom. The molecule has 106 valence electrons. The van der Waals surface area contributed by atoms with E-state index >= 15 is 0 Å².